The lowest BCUT2D eigenvalue weighted by Crippen LogP contribution is -1.97. The van der Waals surface area contributed by atoms with E-state index in [1.807, 2.05) is 0 Å². The molecule has 0 radical (unpaired) electrons. The topological polar surface area (TPSA) is 17.1 Å². The van der Waals surface area contributed by atoms with Gasteiger partial charge in [0.2, 0.25) is 0 Å². The first-order valence-electron chi connectivity index (χ1n) is 2.86. The molecule has 0 heterocycles. The molecule has 0 bridgehead atoms. The van der Waals surface area contributed by atoms with E-state index in [9.17, 15) is 18.0 Å². The van der Waals surface area contributed by atoms with Crippen molar-refractivity contribution in [1.82, 2.24) is 0 Å². The Bertz CT molecular complexity index is 338. The van der Waals surface area contributed by atoms with Crippen LogP contribution >= 0.6 is 11.6 Å². The maximum Gasteiger partial charge on any atom is 0.195 e. The van der Waals surface area contributed by atoms with Crippen molar-refractivity contribution in [2.24, 2.45) is 0 Å². The van der Waals surface area contributed by atoms with Gasteiger partial charge in [-0.15, -0.1) is 0 Å². The molecule has 12 heavy (non-hydrogen) atoms. The molecule has 0 unspecified atom stereocenters. The van der Waals surface area contributed by atoms with Gasteiger partial charge in [-0.2, -0.15) is 0 Å². The van der Waals surface area contributed by atoms with Gasteiger partial charge in [-0.1, -0.05) is 11.6 Å². The molecule has 0 fully saturated rings. The smallest absolute Gasteiger partial charge is 0.195 e. The Labute approximate surface area is 70.8 Å². The molecule has 64 valence electrons. The SMILES string of the molecule is O=Cc1c(Cl)cc(F)c(F)c1F. The Morgan fingerprint density at radius 3 is 2.33 bits per heavy atom. The predicted octanol–water partition coefficient (Wildman–Crippen LogP) is 2.57. The van der Waals surface area contributed by atoms with Crippen LogP contribution in [0.2, 0.25) is 5.02 Å². The van der Waals surface area contributed by atoms with Gasteiger partial charge in [0.15, 0.2) is 23.7 Å². The molecule has 0 saturated heterocycles. The maximum atomic E-state index is 12.6. The van der Waals surface area contributed by atoms with E-state index in [-0.39, 0.29) is 6.29 Å². The van der Waals surface area contributed by atoms with Gasteiger partial charge in [0.05, 0.1) is 10.6 Å². The lowest BCUT2D eigenvalue weighted by atomic mass is 10.2. The molecular weight excluding hydrogens is 193 g/mol. The largest absolute Gasteiger partial charge is 0.298 e. The van der Waals surface area contributed by atoms with Crippen molar-refractivity contribution in [2.75, 3.05) is 0 Å². The van der Waals surface area contributed by atoms with Crippen molar-refractivity contribution in [3.63, 3.8) is 0 Å². The second-order valence-electron chi connectivity index (χ2n) is 2.00. The average Bonchev–Trinajstić information content (AvgIpc) is 2.01. The molecule has 1 aromatic rings. The Morgan fingerprint density at radius 1 is 1.25 bits per heavy atom. The number of hydrogen-bond donors (Lipinski definition) is 0. The lowest BCUT2D eigenvalue weighted by molar-refractivity contribution is 0.111. The number of hydrogen-bond acceptors (Lipinski definition) is 1. The highest BCUT2D eigenvalue weighted by Crippen LogP contribution is 2.22. The average molecular weight is 195 g/mol. The van der Waals surface area contributed by atoms with Crippen molar-refractivity contribution >= 4 is 17.9 Å². The summed E-state index contributed by atoms with van der Waals surface area (Å²) in [7, 11) is 0. The number of rotatable bonds is 1. The minimum atomic E-state index is -1.69. The van der Waals surface area contributed by atoms with Crippen molar-refractivity contribution in [1.29, 1.82) is 0 Å². The molecule has 5 heteroatoms. The third-order valence-corrected chi connectivity index (χ3v) is 1.58. The van der Waals surface area contributed by atoms with Crippen LogP contribution in [-0.2, 0) is 0 Å². The highest BCUT2D eigenvalue weighted by Gasteiger charge is 2.16. The Kier molecular flexibility index (Phi) is 2.38. The van der Waals surface area contributed by atoms with E-state index in [1.165, 1.54) is 0 Å². The van der Waals surface area contributed by atoms with Gasteiger partial charge < -0.3 is 0 Å². The van der Waals surface area contributed by atoms with E-state index in [1.54, 1.807) is 0 Å². The molecule has 1 aromatic carbocycles. The van der Waals surface area contributed by atoms with Gasteiger partial charge in [0, 0.05) is 0 Å². The summed E-state index contributed by atoms with van der Waals surface area (Å²) in [5.41, 5.74) is -0.671. The molecule has 1 nitrogen and oxygen atoms in total. The fraction of sp³-hybridized carbons (Fsp3) is 0. The number of benzene rings is 1. The molecular formula is C7H2ClF3O. The minimum absolute atomic E-state index is 0.0280. The summed E-state index contributed by atoms with van der Waals surface area (Å²) in [6.07, 6.45) is 0.0280. The zero-order valence-electron chi connectivity index (χ0n) is 5.57. The summed E-state index contributed by atoms with van der Waals surface area (Å²) in [6, 6.07) is 0.545. The van der Waals surface area contributed by atoms with Gasteiger partial charge in [0.25, 0.3) is 0 Å². The monoisotopic (exact) mass is 194 g/mol. The predicted molar refractivity (Wildman–Crippen MR) is 36.7 cm³/mol. The van der Waals surface area contributed by atoms with E-state index < -0.39 is 28.0 Å². The van der Waals surface area contributed by atoms with Crippen LogP contribution in [0.1, 0.15) is 10.4 Å². The zero-order valence-corrected chi connectivity index (χ0v) is 6.33. The van der Waals surface area contributed by atoms with Gasteiger partial charge >= 0.3 is 0 Å². The van der Waals surface area contributed by atoms with Gasteiger partial charge in [-0.25, -0.2) is 13.2 Å². The molecule has 0 aliphatic carbocycles. The minimum Gasteiger partial charge on any atom is -0.298 e. The van der Waals surface area contributed by atoms with E-state index in [0.717, 1.165) is 0 Å². The molecule has 0 aliphatic rings. The van der Waals surface area contributed by atoms with Gasteiger partial charge in [-0.05, 0) is 6.07 Å². The van der Waals surface area contributed by atoms with Crippen molar-refractivity contribution in [2.45, 2.75) is 0 Å². The highest BCUT2D eigenvalue weighted by molar-refractivity contribution is 6.32. The molecule has 0 N–H and O–H groups in total. The molecule has 0 aromatic heterocycles. The molecule has 0 amide bonds. The van der Waals surface area contributed by atoms with Crippen LogP contribution in [0.3, 0.4) is 0 Å². The number of carbonyl (C=O) groups is 1. The standard InChI is InChI=1S/C7H2ClF3O/c8-4-1-5(9)7(11)6(10)3(4)2-12/h1-2H. The summed E-state index contributed by atoms with van der Waals surface area (Å²) >= 11 is 5.23. The molecule has 0 atom stereocenters. The fourth-order valence-corrected chi connectivity index (χ4v) is 0.912. The second kappa shape index (κ2) is 3.15. The van der Waals surface area contributed by atoms with E-state index in [2.05, 4.69) is 0 Å². The Morgan fingerprint density at radius 2 is 1.83 bits per heavy atom. The van der Waals surface area contributed by atoms with E-state index in [4.69, 9.17) is 11.6 Å². The summed E-state index contributed by atoms with van der Waals surface area (Å²) in [5, 5.41) is -0.443. The van der Waals surface area contributed by atoms with Crippen LogP contribution in [0.4, 0.5) is 13.2 Å². The summed E-state index contributed by atoms with van der Waals surface area (Å²) < 4.78 is 37.3. The van der Waals surface area contributed by atoms with Gasteiger partial charge in [-0.3, -0.25) is 4.79 Å². The van der Waals surface area contributed by atoms with E-state index >= 15 is 0 Å². The fourth-order valence-electron chi connectivity index (χ4n) is 0.688. The summed E-state index contributed by atoms with van der Waals surface area (Å²) in [5.74, 6) is -4.67. The Balaban J connectivity index is 3.51. The van der Waals surface area contributed by atoms with Crippen LogP contribution in [0, 0.1) is 17.5 Å². The second-order valence-corrected chi connectivity index (χ2v) is 2.41. The van der Waals surface area contributed by atoms with Gasteiger partial charge in [0.1, 0.15) is 0 Å². The van der Waals surface area contributed by atoms with Crippen LogP contribution < -0.4 is 0 Å². The number of halogens is 4. The van der Waals surface area contributed by atoms with Crippen LogP contribution in [0.15, 0.2) is 6.07 Å². The first-order chi connectivity index (χ1) is 5.57. The van der Waals surface area contributed by atoms with Crippen LogP contribution in [0.25, 0.3) is 0 Å². The molecule has 1 rings (SSSR count). The molecule has 0 spiro atoms. The normalized spacial score (nSPS) is 10.0. The quantitative estimate of drug-likeness (QED) is 0.382. The summed E-state index contributed by atoms with van der Waals surface area (Å²) in [4.78, 5) is 10.1. The van der Waals surface area contributed by atoms with Crippen LogP contribution in [-0.4, -0.2) is 6.29 Å². The zero-order chi connectivity index (χ0) is 9.30. The first-order valence-corrected chi connectivity index (χ1v) is 3.24. The summed E-state index contributed by atoms with van der Waals surface area (Å²) in [6.45, 7) is 0. The van der Waals surface area contributed by atoms with Crippen molar-refractivity contribution in [3.05, 3.63) is 34.1 Å². The van der Waals surface area contributed by atoms with E-state index in [0.29, 0.717) is 6.07 Å². The van der Waals surface area contributed by atoms with Crippen molar-refractivity contribution < 1.29 is 18.0 Å². The van der Waals surface area contributed by atoms with Crippen molar-refractivity contribution in [3.8, 4) is 0 Å². The lowest BCUT2D eigenvalue weighted by Gasteiger charge is -1.99. The molecule has 0 saturated carbocycles. The highest BCUT2D eigenvalue weighted by atomic mass is 35.5. The Hall–Kier alpha value is -1.03. The number of carbonyl (C=O) groups excluding carboxylic acids is 1. The van der Waals surface area contributed by atoms with Crippen LogP contribution in [0.5, 0.6) is 0 Å². The maximum absolute atomic E-state index is 12.6. The third kappa shape index (κ3) is 1.30. The third-order valence-electron chi connectivity index (χ3n) is 1.27. The number of aldehydes is 1. The first kappa shape index (κ1) is 9.06. The molecule has 0 aliphatic heterocycles.